The summed E-state index contributed by atoms with van der Waals surface area (Å²) in [6.45, 7) is 3.98. The second-order valence-corrected chi connectivity index (χ2v) is 7.19. The minimum Gasteiger partial charge on any atom is -0.439 e. The molecule has 1 aromatic heterocycles. The molecule has 0 unspecified atom stereocenters. The summed E-state index contributed by atoms with van der Waals surface area (Å²) in [6, 6.07) is 20.3. The van der Waals surface area contributed by atoms with Crippen molar-refractivity contribution in [1.29, 1.82) is 0 Å². The number of ether oxygens (including phenoxy) is 1. The van der Waals surface area contributed by atoms with Gasteiger partial charge in [0.2, 0.25) is 5.88 Å². The van der Waals surface area contributed by atoms with Crippen LogP contribution in [0.25, 0.3) is 11.4 Å². The number of nitrogens with one attached hydrogen (secondary N) is 1. The number of benzene rings is 3. The average Bonchev–Trinajstić information content (AvgIpc) is 2.74. The molecule has 0 bridgehead atoms. The van der Waals surface area contributed by atoms with E-state index in [0.717, 1.165) is 16.8 Å². The number of carbonyl (C=O) groups excluding carboxylic acids is 1. The monoisotopic (exact) mass is 413 g/mol. The van der Waals surface area contributed by atoms with Crippen LogP contribution in [0.5, 0.6) is 11.6 Å². The molecule has 0 aliphatic carbocycles. The number of aryl methyl sites for hydroxylation is 2. The van der Waals surface area contributed by atoms with Gasteiger partial charge in [-0.2, -0.15) is 4.98 Å². The topological polar surface area (TPSA) is 64.1 Å². The molecule has 0 atom stereocenters. The van der Waals surface area contributed by atoms with Crippen molar-refractivity contribution >= 4 is 11.6 Å². The van der Waals surface area contributed by atoms with Gasteiger partial charge in [0, 0.05) is 29.1 Å². The van der Waals surface area contributed by atoms with E-state index in [1.54, 1.807) is 48.7 Å². The number of anilines is 1. The molecular formula is C25H20FN3O2. The molecule has 0 aliphatic rings. The number of hydrogen-bond donors (Lipinski definition) is 1. The Labute approximate surface area is 179 Å². The van der Waals surface area contributed by atoms with Gasteiger partial charge < -0.3 is 10.1 Å². The lowest BCUT2D eigenvalue weighted by Crippen LogP contribution is -2.12. The van der Waals surface area contributed by atoms with Crippen LogP contribution in [0.1, 0.15) is 21.5 Å². The molecular weight excluding hydrogens is 393 g/mol. The highest BCUT2D eigenvalue weighted by Gasteiger charge is 2.09. The fourth-order valence-corrected chi connectivity index (χ4v) is 3.21. The first-order valence-corrected chi connectivity index (χ1v) is 9.73. The van der Waals surface area contributed by atoms with Gasteiger partial charge in [-0.25, -0.2) is 9.37 Å². The lowest BCUT2D eigenvalue weighted by molar-refractivity contribution is 0.102. The van der Waals surface area contributed by atoms with Gasteiger partial charge >= 0.3 is 0 Å². The Kier molecular flexibility index (Phi) is 5.71. The van der Waals surface area contributed by atoms with Gasteiger partial charge in [0.25, 0.3) is 5.91 Å². The van der Waals surface area contributed by atoms with E-state index in [-0.39, 0.29) is 11.7 Å². The van der Waals surface area contributed by atoms with Gasteiger partial charge in [-0.3, -0.25) is 4.79 Å². The van der Waals surface area contributed by atoms with Crippen LogP contribution < -0.4 is 10.1 Å². The first kappa shape index (κ1) is 20.2. The fourth-order valence-electron chi connectivity index (χ4n) is 3.21. The molecule has 0 saturated carbocycles. The van der Waals surface area contributed by atoms with Crippen molar-refractivity contribution in [3.8, 4) is 23.0 Å². The molecule has 0 saturated heterocycles. The Hall–Kier alpha value is -4.06. The third kappa shape index (κ3) is 5.11. The molecule has 4 aromatic rings. The average molecular weight is 413 g/mol. The predicted octanol–water partition coefficient (Wildman–Crippen LogP) is 5.94. The summed E-state index contributed by atoms with van der Waals surface area (Å²) in [5, 5.41) is 2.91. The molecule has 154 valence electrons. The Bertz CT molecular complexity index is 1220. The number of rotatable bonds is 5. The Balaban J connectivity index is 1.46. The zero-order chi connectivity index (χ0) is 21.8. The van der Waals surface area contributed by atoms with Crippen LogP contribution in [0.3, 0.4) is 0 Å². The minimum atomic E-state index is -0.359. The first-order chi connectivity index (χ1) is 15.0. The molecule has 1 heterocycles. The van der Waals surface area contributed by atoms with Crippen LogP contribution in [0.4, 0.5) is 10.1 Å². The maximum Gasteiger partial charge on any atom is 0.255 e. The van der Waals surface area contributed by atoms with E-state index in [1.165, 1.54) is 12.1 Å². The van der Waals surface area contributed by atoms with E-state index in [1.807, 2.05) is 26.0 Å². The number of nitrogens with zero attached hydrogens (tertiary/aromatic N) is 2. The molecule has 3 aromatic carbocycles. The van der Waals surface area contributed by atoms with Gasteiger partial charge in [-0.15, -0.1) is 0 Å². The molecule has 4 rings (SSSR count). The van der Waals surface area contributed by atoms with Crippen LogP contribution >= 0.6 is 0 Å². The summed E-state index contributed by atoms with van der Waals surface area (Å²) in [7, 11) is 0. The van der Waals surface area contributed by atoms with E-state index >= 15 is 0 Å². The van der Waals surface area contributed by atoms with Crippen molar-refractivity contribution in [1.82, 2.24) is 9.97 Å². The highest BCUT2D eigenvalue weighted by Crippen LogP contribution is 2.23. The van der Waals surface area contributed by atoms with Crippen LogP contribution in [-0.4, -0.2) is 15.9 Å². The van der Waals surface area contributed by atoms with Crippen LogP contribution in [0.15, 0.2) is 79.0 Å². The van der Waals surface area contributed by atoms with E-state index in [2.05, 4.69) is 21.4 Å². The molecule has 31 heavy (non-hydrogen) atoms. The van der Waals surface area contributed by atoms with E-state index in [9.17, 15) is 9.18 Å². The maximum atomic E-state index is 13.5. The quantitative estimate of drug-likeness (QED) is 0.439. The number of aromatic nitrogens is 2. The standard InChI is InChI=1S/C25H20FN3O2/c1-16-12-17(2)14-21(13-16)28-25(30)18-6-8-22(9-7-18)31-23-10-11-27-24(29-23)19-4-3-5-20(26)15-19/h3-15H,1-2H3,(H,28,30). The summed E-state index contributed by atoms with van der Waals surface area (Å²) in [6.07, 6.45) is 1.55. The van der Waals surface area contributed by atoms with E-state index in [0.29, 0.717) is 28.6 Å². The van der Waals surface area contributed by atoms with Crippen LogP contribution in [0.2, 0.25) is 0 Å². The van der Waals surface area contributed by atoms with Crippen LogP contribution in [-0.2, 0) is 0 Å². The zero-order valence-electron chi connectivity index (χ0n) is 17.1. The highest BCUT2D eigenvalue weighted by atomic mass is 19.1. The summed E-state index contributed by atoms with van der Waals surface area (Å²) < 4.78 is 19.2. The van der Waals surface area contributed by atoms with Crippen LogP contribution in [0, 0.1) is 19.7 Å². The van der Waals surface area contributed by atoms with Crippen molar-refractivity contribution in [2.24, 2.45) is 0 Å². The van der Waals surface area contributed by atoms with Gasteiger partial charge in [-0.05, 0) is 73.5 Å². The van der Waals surface area contributed by atoms with E-state index < -0.39 is 0 Å². The smallest absolute Gasteiger partial charge is 0.255 e. The Morgan fingerprint density at radius 2 is 1.68 bits per heavy atom. The lowest BCUT2D eigenvalue weighted by atomic mass is 10.1. The molecule has 0 fully saturated rings. The molecule has 0 aliphatic heterocycles. The van der Waals surface area contributed by atoms with E-state index in [4.69, 9.17) is 4.74 Å². The maximum absolute atomic E-state index is 13.5. The SMILES string of the molecule is Cc1cc(C)cc(NC(=O)c2ccc(Oc3ccnc(-c4cccc(F)c4)n3)cc2)c1. The van der Waals surface area contributed by atoms with Crippen molar-refractivity contribution in [3.63, 3.8) is 0 Å². The summed E-state index contributed by atoms with van der Waals surface area (Å²) in [5.74, 6) is 0.643. The zero-order valence-corrected chi connectivity index (χ0v) is 17.1. The van der Waals surface area contributed by atoms with Crippen molar-refractivity contribution < 1.29 is 13.9 Å². The van der Waals surface area contributed by atoms with Gasteiger partial charge in [0.05, 0.1) is 0 Å². The van der Waals surface area contributed by atoms with Gasteiger partial charge in [0.1, 0.15) is 11.6 Å². The minimum absolute atomic E-state index is 0.202. The fraction of sp³-hybridized carbons (Fsp3) is 0.0800. The predicted molar refractivity (Wildman–Crippen MR) is 118 cm³/mol. The molecule has 5 nitrogen and oxygen atoms in total. The molecule has 0 radical (unpaired) electrons. The third-order valence-electron chi connectivity index (χ3n) is 4.53. The molecule has 1 N–H and O–H groups in total. The van der Waals surface area contributed by atoms with Crippen molar-refractivity contribution in [2.45, 2.75) is 13.8 Å². The molecule has 1 amide bonds. The largest absolute Gasteiger partial charge is 0.439 e. The third-order valence-corrected chi connectivity index (χ3v) is 4.53. The summed E-state index contributed by atoms with van der Waals surface area (Å²) in [5.41, 5.74) is 4.00. The number of carbonyl (C=O) groups is 1. The van der Waals surface area contributed by atoms with Gasteiger partial charge in [0.15, 0.2) is 5.82 Å². The molecule has 0 spiro atoms. The summed E-state index contributed by atoms with van der Waals surface area (Å²) >= 11 is 0. The van der Waals surface area contributed by atoms with Gasteiger partial charge in [-0.1, -0.05) is 18.2 Å². The molecule has 6 heteroatoms. The van der Waals surface area contributed by atoms with Crippen molar-refractivity contribution in [3.05, 3.63) is 102 Å². The Morgan fingerprint density at radius 1 is 0.935 bits per heavy atom. The summed E-state index contributed by atoms with van der Waals surface area (Å²) in [4.78, 5) is 21.0. The second kappa shape index (κ2) is 8.75. The number of amides is 1. The lowest BCUT2D eigenvalue weighted by Gasteiger charge is -2.09. The normalized spacial score (nSPS) is 10.5. The highest BCUT2D eigenvalue weighted by molar-refractivity contribution is 6.04. The number of hydrogen-bond acceptors (Lipinski definition) is 4. The second-order valence-electron chi connectivity index (χ2n) is 7.19. The number of halogens is 1. The first-order valence-electron chi connectivity index (χ1n) is 9.73. The Morgan fingerprint density at radius 3 is 2.39 bits per heavy atom. The van der Waals surface area contributed by atoms with Crippen molar-refractivity contribution in [2.75, 3.05) is 5.32 Å².